The second kappa shape index (κ2) is 6.49. The summed E-state index contributed by atoms with van der Waals surface area (Å²) in [6.45, 7) is 0. The van der Waals surface area contributed by atoms with Gasteiger partial charge < -0.3 is 4.42 Å². The van der Waals surface area contributed by atoms with Crippen molar-refractivity contribution < 1.29 is 14.0 Å². The average molecular weight is 393 g/mol. The van der Waals surface area contributed by atoms with Gasteiger partial charge in [-0.1, -0.05) is 54.6 Å². The molecule has 3 atom stereocenters. The molecule has 0 bridgehead atoms. The number of nitrogens with zero attached hydrogens (tertiary/aromatic N) is 1. The molecule has 2 heterocycles. The molecule has 0 radical (unpaired) electrons. The highest BCUT2D eigenvalue weighted by Gasteiger charge is 2.49. The minimum atomic E-state index is -0.437. The second-order valence-electron chi connectivity index (χ2n) is 8.18. The molecule has 4 nitrogen and oxygen atoms in total. The summed E-state index contributed by atoms with van der Waals surface area (Å²) < 4.78 is 5.60. The summed E-state index contributed by atoms with van der Waals surface area (Å²) in [5, 5.41) is 0. The number of Topliss-reactive ketones (excluding diaryl/α,β-unsaturated/α-hetero) is 2. The molecule has 0 fully saturated rings. The fourth-order valence-corrected chi connectivity index (χ4v) is 5.24. The van der Waals surface area contributed by atoms with E-state index in [2.05, 4.69) is 0 Å². The van der Waals surface area contributed by atoms with Gasteiger partial charge >= 0.3 is 0 Å². The Kier molecular flexibility index (Phi) is 3.75. The number of hydrogen-bond donors (Lipinski definition) is 0. The van der Waals surface area contributed by atoms with Crippen molar-refractivity contribution in [3.63, 3.8) is 0 Å². The van der Waals surface area contributed by atoms with E-state index in [1.165, 1.54) is 0 Å². The number of fused-ring (bicyclic) bond motifs is 3. The van der Waals surface area contributed by atoms with Crippen LogP contribution in [0.15, 0.2) is 93.7 Å². The maximum Gasteiger partial charge on any atom is 0.173 e. The van der Waals surface area contributed by atoms with Crippen molar-refractivity contribution in [2.75, 3.05) is 0 Å². The van der Waals surface area contributed by atoms with E-state index < -0.39 is 5.92 Å². The summed E-state index contributed by atoms with van der Waals surface area (Å²) in [5.41, 5.74) is 4.91. The van der Waals surface area contributed by atoms with E-state index in [-0.39, 0.29) is 23.4 Å². The molecule has 4 heteroatoms. The van der Waals surface area contributed by atoms with Gasteiger partial charge in [0, 0.05) is 47.1 Å². The Balaban J connectivity index is 1.55. The first-order chi connectivity index (χ1) is 14.7. The molecule has 1 aromatic heterocycles. The quantitative estimate of drug-likeness (QED) is 0.610. The third kappa shape index (κ3) is 2.43. The standard InChI is InChI=1S/C26H19NO3/c28-20-14-16(21-11-6-12-30-21)13-19-23(20)22(15-7-2-1-3-8-15)24-25(27-19)17-9-4-5-10-18(17)26(24)29/h1-12,16,22,24H,13-14H2/t16-,22+,24-/m0/s1. The van der Waals surface area contributed by atoms with Crippen LogP contribution in [0.5, 0.6) is 0 Å². The Morgan fingerprint density at radius 1 is 0.800 bits per heavy atom. The minimum absolute atomic E-state index is 0.0177. The fraction of sp³-hybridized carbons (Fsp3) is 0.192. The molecule has 0 amide bonds. The predicted octanol–water partition coefficient (Wildman–Crippen LogP) is 5.08. The van der Waals surface area contributed by atoms with E-state index in [4.69, 9.17) is 9.41 Å². The van der Waals surface area contributed by atoms with Crippen LogP contribution in [0.1, 0.15) is 51.9 Å². The monoisotopic (exact) mass is 393 g/mol. The second-order valence-corrected chi connectivity index (χ2v) is 8.18. The van der Waals surface area contributed by atoms with Crippen molar-refractivity contribution in [3.8, 4) is 0 Å². The number of carbonyl (C=O) groups is 2. The first kappa shape index (κ1) is 17.3. The SMILES string of the molecule is O=C1C[C@@H](c2ccco2)CC2=C1[C@@H](c1ccccc1)[C@@H]1C(=O)c3ccccc3C1=N2. The molecule has 1 aliphatic heterocycles. The number of allylic oxidation sites excluding steroid dienone is 2. The Morgan fingerprint density at radius 3 is 2.33 bits per heavy atom. The largest absolute Gasteiger partial charge is 0.469 e. The number of furan rings is 1. The zero-order valence-corrected chi connectivity index (χ0v) is 16.2. The topological polar surface area (TPSA) is 59.6 Å². The summed E-state index contributed by atoms with van der Waals surface area (Å²) in [5.74, 6) is 0.197. The van der Waals surface area contributed by atoms with Crippen molar-refractivity contribution in [1.29, 1.82) is 0 Å². The third-order valence-corrected chi connectivity index (χ3v) is 6.53. The fourth-order valence-electron chi connectivity index (χ4n) is 5.24. The molecule has 6 rings (SSSR count). The van der Waals surface area contributed by atoms with E-state index in [0.29, 0.717) is 24.0 Å². The lowest BCUT2D eigenvalue weighted by Gasteiger charge is -2.35. The van der Waals surface area contributed by atoms with Gasteiger partial charge in [0.2, 0.25) is 0 Å². The molecule has 146 valence electrons. The molecule has 2 aromatic carbocycles. The van der Waals surface area contributed by atoms with Gasteiger partial charge in [-0.05, 0) is 17.7 Å². The lowest BCUT2D eigenvalue weighted by atomic mass is 9.69. The number of carbonyl (C=O) groups excluding carboxylic acids is 2. The average Bonchev–Trinajstić information content (AvgIpc) is 3.41. The molecule has 0 saturated carbocycles. The van der Waals surface area contributed by atoms with Gasteiger partial charge in [-0.25, -0.2) is 0 Å². The van der Waals surface area contributed by atoms with E-state index in [1.807, 2.05) is 66.7 Å². The van der Waals surface area contributed by atoms with Crippen molar-refractivity contribution >= 4 is 17.3 Å². The first-order valence-electron chi connectivity index (χ1n) is 10.3. The molecular formula is C26H19NO3. The summed E-state index contributed by atoms with van der Waals surface area (Å²) in [6, 6.07) is 21.4. The van der Waals surface area contributed by atoms with Crippen LogP contribution in [0.2, 0.25) is 0 Å². The highest BCUT2D eigenvalue weighted by atomic mass is 16.3. The van der Waals surface area contributed by atoms with E-state index in [1.54, 1.807) is 6.26 Å². The molecule has 3 aliphatic rings. The molecule has 3 aromatic rings. The van der Waals surface area contributed by atoms with Crippen molar-refractivity contribution in [2.24, 2.45) is 10.9 Å². The number of rotatable bonds is 2. The van der Waals surface area contributed by atoms with Gasteiger partial charge in [-0.15, -0.1) is 0 Å². The smallest absolute Gasteiger partial charge is 0.173 e. The Morgan fingerprint density at radius 2 is 1.57 bits per heavy atom. The van der Waals surface area contributed by atoms with Gasteiger partial charge in [-0.2, -0.15) is 0 Å². The highest BCUT2D eigenvalue weighted by molar-refractivity contribution is 6.30. The first-order valence-corrected chi connectivity index (χ1v) is 10.3. The molecule has 0 unspecified atom stereocenters. The predicted molar refractivity (Wildman–Crippen MR) is 113 cm³/mol. The zero-order chi connectivity index (χ0) is 20.2. The van der Waals surface area contributed by atoms with Crippen LogP contribution in [0.25, 0.3) is 0 Å². The van der Waals surface area contributed by atoms with E-state index >= 15 is 0 Å². The number of benzene rings is 2. The minimum Gasteiger partial charge on any atom is -0.469 e. The molecule has 2 aliphatic carbocycles. The summed E-state index contributed by atoms with van der Waals surface area (Å²) in [6.07, 6.45) is 2.67. The molecule has 30 heavy (non-hydrogen) atoms. The zero-order valence-electron chi connectivity index (χ0n) is 16.2. The number of hydrogen-bond acceptors (Lipinski definition) is 4. The van der Waals surface area contributed by atoms with Gasteiger partial charge in [-0.3, -0.25) is 14.6 Å². The van der Waals surface area contributed by atoms with E-state index in [0.717, 1.165) is 28.3 Å². The number of ketones is 2. The maximum atomic E-state index is 13.4. The lowest BCUT2D eigenvalue weighted by Crippen LogP contribution is -2.34. The Hall–Kier alpha value is -3.53. The van der Waals surface area contributed by atoms with Crippen LogP contribution in [0.3, 0.4) is 0 Å². The molecule has 0 saturated heterocycles. The Labute approximate surface area is 174 Å². The van der Waals surface area contributed by atoms with Gasteiger partial charge in [0.15, 0.2) is 11.6 Å². The van der Waals surface area contributed by atoms with Crippen LogP contribution < -0.4 is 0 Å². The highest BCUT2D eigenvalue weighted by Crippen LogP contribution is 2.50. The van der Waals surface area contributed by atoms with Crippen LogP contribution >= 0.6 is 0 Å². The van der Waals surface area contributed by atoms with Gasteiger partial charge in [0.1, 0.15) is 5.76 Å². The third-order valence-electron chi connectivity index (χ3n) is 6.53. The number of aliphatic imine (C=N–C) groups is 1. The van der Waals surface area contributed by atoms with Crippen LogP contribution in [-0.2, 0) is 4.79 Å². The van der Waals surface area contributed by atoms with Crippen LogP contribution in [0.4, 0.5) is 0 Å². The van der Waals surface area contributed by atoms with Crippen LogP contribution in [-0.4, -0.2) is 17.3 Å². The Bertz CT molecular complexity index is 1230. The van der Waals surface area contributed by atoms with Crippen molar-refractivity contribution in [2.45, 2.75) is 24.7 Å². The van der Waals surface area contributed by atoms with Crippen LogP contribution in [0, 0.1) is 5.92 Å². The van der Waals surface area contributed by atoms with Crippen molar-refractivity contribution in [3.05, 3.63) is 107 Å². The lowest BCUT2D eigenvalue weighted by molar-refractivity contribution is -0.116. The van der Waals surface area contributed by atoms with Crippen molar-refractivity contribution in [1.82, 2.24) is 0 Å². The van der Waals surface area contributed by atoms with E-state index in [9.17, 15) is 9.59 Å². The summed E-state index contributed by atoms with van der Waals surface area (Å²) in [7, 11) is 0. The normalized spacial score (nSPS) is 24.9. The molecule has 0 N–H and O–H groups in total. The molecular weight excluding hydrogens is 374 g/mol. The van der Waals surface area contributed by atoms with Gasteiger partial charge in [0.25, 0.3) is 0 Å². The summed E-state index contributed by atoms with van der Waals surface area (Å²) >= 11 is 0. The van der Waals surface area contributed by atoms with Gasteiger partial charge in [0.05, 0.1) is 17.9 Å². The summed E-state index contributed by atoms with van der Waals surface area (Å²) in [4.78, 5) is 31.8. The maximum absolute atomic E-state index is 13.4. The molecule has 0 spiro atoms.